The molecule has 0 bridgehead atoms. The van der Waals surface area contributed by atoms with Gasteiger partial charge in [-0.3, -0.25) is 15.3 Å². The predicted octanol–water partition coefficient (Wildman–Crippen LogP) is -0.375. The molecule has 1 aromatic heterocycles. The number of hydrogen-bond acceptors (Lipinski definition) is 7. The van der Waals surface area contributed by atoms with E-state index >= 15 is 0 Å². The lowest BCUT2D eigenvalue weighted by molar-refractivity contribution is -0.00631. The second-order valence-corrected chi connectivity index (χ2v) is 4.34. The van der Waals surface area contributed by atoms with Crippen LogP contribution < -0.4 is 11.2 Å². The van der Waals surface area contributed by atoms with E-state index in [0.717, 1.165) is 0 Å². The van der Waals surface area contributed by atoms with Crippen LogP contribution in [0.15, 0.2) is 17.1 Å². The normalized spacial score (nSPS) is 24.6. The van der Waals surface area contributed by atoms with E-state index in [1.54, 1.807) is 5.48 Å². The van der Waals surface area contributed by atoms with E-state index in [0.29, 0.717) is 5.75 Å². The van der Waals surface area contributed by atoms with Crippen LogP contribution in [0, 0.1) is 0 Å². The van der Waals surface area contributed by atoms with Gasteiger partial charge in [-0.1, -0.05) is 0 Å². The SMILES string of the molecule is O=c1nc(NO)ccn1[C@H]1CS[C@@H](CO)O1. The number of aliphatic hydroxyl groups excluding tert-OH is 1. The molecule has 0 spiro atoms. The van der Waals surface area contributed by atoms with Crippen molar-refractivity contribution >= 4 is 17.6 Å². The quantitative estimate of drug-likeness (QED) is 0.625. The molecular weight excluding hydrogens is 234 g/mol. The van der Waals surface area contributed by atoms with Crippen molar-refractivity contribution in [2.24, 2.45) is 0 Å². The van der Waals surface area contributed by atoms with Crippen molar-refractivity contribution in [3.05, 3.63) is 22.7 Å². The molecule has 2 rings (SSSR count). The minimum atomic E-state index is -0.511. The first-order valence-corrected chi connectivity index (χ1v) is 5.66. The Morgan fingerprint density at radius 3 is 3.12 bits per heavy atom. The van der Waals surface area contributed by atoms with Crippen molar-refractivity contribution < 1.29 is 15.1 Å². The summed E-state index contributed by atoms with van der Waals surface area (Å²) in [5.41, 5.74) is 0.986. The molecule has 0 aromatic carbocycles. The standard InChI is InChI=1S/C8H11N3O4S/c12-3-7-15-6(4-16-7)11-2-1-5(10-14)9-8(11)13/h1-2,6-7,12,14H,3-4H2,(H,9,10,13)/t6-,7+/m1/s1. The minimum Gasteiger partial charge on any atom is -0.393 e. The summed E-state index contributed by atoms with van der Waals surface area (Å²) in [5.74, 6) is 0.671. The van der Waals surface area contributed by atoms with Crippen LogP contribution in [0.2, 0.25) is 0 Å². The van der Waals surface area contributed by atoms with E-state index in [2.05, 4.69) is 4.98 Å². The fourth-order valence-electron chi connectivity index (χ4n) is 1.38. The minimum absolute atomic E-state index is 0.0837. The molecule has 0 aliphatic carbocycles. The number of aliphatic hydroxyl groups is 1. The van der Waals surface area contributed by atoms with E-state index in [9.17, 15) is 4.79 Å². The van der Waals surface area contributed by atoms with Gasteiger partial charge in [-0.05, 0) is 6.07 Å². The van der Waals surface area contributed by atoms with Crippen LogP contribution in [0.5, 0.6) is 0 Å². The molecule has 0 unspecified atom stereocenters. The summed E-state index contributed by atoms with van der Waals surface area (Å²) in [4.78, 5) is 15.1. The zero-order valence-electron chi connectivity index (χ0n) is 8.24. The molecule has 0 radical (unpaired) electrons. The van der Waals surface area contributed by atoms with Gasteiger partial charge in [-0.25, -0.2) is 4.79 Å². The molecule has 1 fully saturated rings. The second-order valence-electron chi connectivity index (χ2n) is 3.15. The fourth-order valence-corrected chi connectivity index (χ4v) is 2.31. The lowest BCUT2D eigenvalue weighted by Crippen LogP contribution is -2.28. The van der Waals surface area contributed by atoms with E-state index in [1.165, 1.54) is 28.6 Å². The Balaban J connectivity index is 2.19. The van der Waals surface area contributed by atoms with Gasteiger partial charge in [0.2, 0.25) is 0 Å². The highest BCUT2D eigenvalue weighted by Crippen LogP contribution is 2.30. The average molecular weight is 245 g/mol. The monoisotopic (exact) mass is 245 g/mol. The zero-order chi connectivity index (χ0) is 11.5. The Bertz CT molecular complexity index is 424. The molecule has 88 valence electrons. The van der Waals surface area contributed by atoms with Crippen LogP contribution in [-0.4, -0.2) is 37.7 Å². The van der Waals surface area contributed by atoms with Crippen molar-refractivity contribution in [2.45, 2.75) is 11.7 Å². The molecule has 3 N–H and O–H groups in total. The van der Waals surface area contributed by atoms with Crippen molar-refractivity contribution in [2.75, 3.05) is 17.8 Å². The summed E-state index contributed by atoms with van der Waals surface area (Å²) in [6.07, 6.45) is 1.06. The Hall–Kier alpha value is -1.09. The Morgan fingerprint density at radius 1 is 1.75 bits per heavy atom. The lowest BCUT2D eigenvalue weighted by Gasteiger charge is -2.13. The van der Waals surface area contributed by atoms with Crippen LogP contribution >= 0.6 is 11.8 Å². The predicted molar refractivity (Wildman–Crippen MR) is 57.4 cm³/mol. The molecule has 2 heterocycles. The first-order chi connectivity index (χ1) is 7.74. The van der Waals surface area contributed by atoms with Crippen LogP contribution in [0.3, 0.4) is 0 Å². The van der Waals surface area contributed by atoms with Gasteiger partial charge >= 0.3 is 5.69 Å². The number of hydrogen-bond donors (Lipinski definition) is 3. The largest absolute Gasteiger partial charge is 0.393 e. The van der Waals surface area contributed by atoms with Gasteiger partial charge < -0.3 is 9.84 Å². The third kappa shape index (κ3) is 2.19. The third-order valence-corrected chi connectivity index (χ3v) is 3.25. The number of ether oxygens (including phenoxy) is 1. The summed E-state index contributed by atoms with van der Waals surface area (Å²) in [7, 11) is 0. The topological polar surface area (TPSA) is 96.6 Å². The first kappa shape index (κ1) is 11.4. The number of rotatable bonds is 3. The van der Waals surface area contributed by atoms with Crippen molar-refractivity contribution in [1.82, 2.24) is 9.55 Å². The second kappa shape index (κ2) is 4.83. The summed E-state index contributed by atoms with van der Waals surface area (Å²) in [6, 6.07) is 1.46. The number of anilines is 1. The van der Waals surface area contributed by atoms with Crippen molar-refractivity contribution in [1.29, 1.82) is 0 Å². The van der Waals surface area contributed by atoms with Gasteiger partial charge in [0.1, 0.15) is 11.7 Å². The number of nitrogens with zero attached hydrogens (tertiary/aromatic N) is 2. The van der Waals surface area contributed by atoms with Crippen LogP contribution in [-0.2, 0) is 4.74 Å². The third-order valence-electron chi connectivity index (χ3n) is 2.14. The number of thioether (sulfide) groups is 1. The fraction of sp³-hybridized carbons (Fsp3) is 0.500. The molecule has 1 aromatic rings. The van der Waals surface area contributed by atoms with E-state index in [1.807, 2.05) is 0 Å². The smallest absolute Gasteiger partial charge is 0.351 e. The van der Waals surface area contributed by atoms with Crippen molar-refractivity contribution in [3.8, 4) is 0 Å². The Labute approximate surface area is 95.0 Å². The molecule has 0 amide bonds. The van der Waals surface area contributed by atoms with Crippen molar-refractivity contribution in [3.63, 3.8) is 0 Å². The van der Waals surface area contributed by atoms with Gasteiger partial charge in [-0.15, -0.1) is 11.8 Å². The first-order valence-electron chi connectivity index (χ1n) is 4.62. The lowest BCUT2D eigenvalue weighted by atomic mass is 10.5. The van der Waals surface area contributed by atoms with Gasteiger partial charge in [0, 0.05) is 11.9 Å². The number of nitrogens with one attached hydrogen (secondary N) is 1. The van der Waals surface area contributed by atoms with Crippen LogP contribution in [0.1, 0.15) is 6.23 Å². The summed E-state index contributed by atoms with van der Waals surface area (Å²) >= 11 is 1.44. The molecule has 16 heavy (non-hydrogen) atoms. The highest BCUT2D eigenvalue weighted by Gasteiger charge is 2.27. The van der Waals surface area contributed by atoms with Gasteiger partial charge in [-0.2, -0.15) is 4.98 Å². The van der Waals surface area contributed by atoms with Crippen LogP contribution in [0.4, 0.5) is 5.82 Å². The maximum Gasteiger partial charge on any atom is 0.351 e. The summed E-state index contributed by atoms with van der Waals surface area (Å²) < 4.78 is 6.73. The Kier molecular flexibility index (Phi) is 3.44. The molecule has 1 saturated heterocycles. The molecule has 1 aliphatic rings. The zero-order valence-corrected chi connectivity index (χ0v) is 9.05. The molecular formula is C8H11N3O4S. The van der Waals surface area contributed by atoms with Crippen LogP contribution in [0.25, 0.3) is 0 Å². The van der Waals surface area contributed by atoms with Gasteiger partial charge in [0.25, 0.3) is 0 Å². The molecule has 8 heteroatoms. The van der Waals surface area contributed by atoms with Gasteiger partial charge in [0.15, 0.2) is 5.82 Å². The molecule has 0 saturated carbocycles. The maximum atomic E-state index is 11.5. The summed E-state index contributed by atoms with van der Waals surface area (Å²) in [6.45, 7) is -0.0837. The molecule has 7 nitrogen and oxygen atoms in total. The maximum absolute atomic E-state index is 11.5. The highest BCUT2D eigenvalue weighted by atomic mass is 32.2. The number of aromatic nitrogens is 2. The highest BCUT2D eigenvalue weighted by molar-refractivity contribution is 8.00. The van der Waals surface area contributed by atoms with Gasteiger partial charge in [0.05, 0.1) is 6.61 Å². The average Bonchev–Trinajstić information content (AvgIpc) is 2.77. The molecule has 2 atom stereocenters. The van der Waals surface area contributed by atoms with E-state index < -0.39 is 11.9 Å². The van der Waals surface area contributed by atoms with E-state index in [4.69, 9.17) is 15.1 Å². The Morgan fingerprint density at radius 2 is 2.56 bits per heavy atom. The van der Waals surface area contributed by atoms with E-state index in [-0.39, 0.29) is 17.9 Å². The molecule has 1 aliphatic heterocycles. The summed E-state index contributed by atoms with van der Waals surface area (Å²) in [5, 5.41) is 17.5.